The molecule has 19 heavy (non-hydrogen) atoms. The van der Waals surface area contributed by atoms with Gasteiger partial charge in [0, 0.05) is 25.4 Å². The zero-order valence-corrected chi connectivity index (χ0v) is 11.8. The molecule has 4 N–H and O–H groups in total. The lowest BCUT2D eigenvalue weighted by Crippen LogP contribution is -2.43. The predicted octanol–water partition coefficient (Wildman–Crippen LogP) is 0.186. The van der Waals surface area contributed by atoms with Gasteiger partial charge in [-0.15, -0.1) is 0 Å². The molecule has 0 bridgehead atoms. The number of nitrogens with two attached hydrogens (primary N) is 1. The third-order valence-electron chi connectivity index (χ3n) is 3.20. The maximum atomic E-state index is 12.1. The lowest BCUT2D eigenvalue weighted by molar-refractivity contribution is -0.148. The molecule has 6 heteroatoms. The molecule has 0 saturated carbocycles. The van der Waals surface area contributed by atoms with Crippen molar-refractivity contribution in [2.24, 2.45) is 11.1 Å². The molecule has 1 saturated heterocycles. The van der Waals surface area contributed by atoms with Crippen LogP contribution in [-0.4, -0.2) is 51.7 Å². The molecule has 3 unspecified atom stereocenters. The molecule has 1 rings (SSSR count). The summed E-state index contributed by atoms with van der Waals surface area (Å²) in [5, 5.41) is 18.5. The van der Waals surface area contributed by atoms with Crippen molar-refractivity contribution in [3.63, 3.8) is 0 Å². The van der Waals surface area contributed by atoms with Crippen LogP contribution in [0.25, 0.3) is 0 Å². The Labute approximate surface area is 113 Å². The van der Waals surface area contributed by atoms with E-state index in [1.807, 2.05) is 20.8 Å². The summed E-state index contributed by atoms with van der Waals surface area (Å²) in [6.45, 7) is 6.20. The summed E-state index contributed by atoms with van der Waals surface area (Å²) in [5.41, 5.74) is 5.95. The summed E-state index contributed by atoms with van der Waals surface area (Å²) in [7, 11) is 0. The summed E-state index contributed by atoms with van der Waals surface area (Å²) in [4.78, 5) is 24.3. The van der Waals surface area contributed by atoms with Crippen LogP contribution in [0, 0.1) is 5.41 Å². The number of nitrogens with zero attached hydrogens (tertiary/aromatic N) is 1. The van der Waals surface area contributed by atoms with Crippen LogP contribution < -0.4 is 5.73 Å². The lowest BCUT2D eigenvalue weighted by atomic mass is 9.87. The number of likely N-dealkylation sites (tertiary alicyclic amines) is 1. The van der Waals surface area contributed by atoms with Crippen molar-refractivity contribution >= 4 is 11.9 Å². The van der Waals surface area contributed by atoms with E-state index in [1.54, 1.807) is 0 Å². The molecule has 1 fully saturated rings. The second-order valence-electron chi connectivity index (χ2n) is 6.52. The van der Waals surface area contributed by atoms with E-state index in [4.69, 9.17) is 10.8 Å². The molecule has 0 aliphatic carbocycles. The van der Waals surface area contributed by atoms with Crippen molar-refractivity contribution in [1.82, 2.24) is 4.90 Å². The van der Waals surface area contributed by atoms with E-state index >= 15 is 0 Å². The summed E-state index contributed by atoms with van der Waals surface area (Å²) < 4.78 is 0. The van der Waals surface area contributed by atoms with Crippen LogP contribution in [0.15, 0.2) is 0 Å². The second-order valence-corrected chi connectivity index (χ2v) is 6.52. The maximum absolute atomic E-state index is 12.1. The van der Waals surface area contributed by atoms with Gasteiger partial charge in [0.1, 0.15) is 6.04 Å². The monoisotopic (exact) mass is 272 g/mol. The zero-order chi connectivity index (χ0) is 14.8. The summed E-state index contributed by atoms with van der Waals surface area (Å²) in [6.07, 6.45) is 0.139. The molecule has 0 aromatic rings. The number of hydrogen-bond acceptors (Lipinski definition) is 4. The van der Waals surface area contributed by atoms with Crippen LogP contribution in [0.2, 0.25) is 0 Å². The van der Waals surface area contributed by atoms with E-state index in [2.05, 4.69) is 0 Å². The normalized spacial score (nSPS) is 25.4. The van der Waals surface area contributed by atoms with Crippen LogP contribution in [-0.2, 0) is 9.59 Å². The van der Waals surface area contributed by atoms with Crippen molar-refractivity contribution in [1.29, 1.82) is 0 Å². The molecule has 0 spiro atoms. The molecule has 1 amide bonds. The predicted molar refractivity (Wildman–Crippen MR) is 70.4 cm³/mol. The van der Waals surface area contributed by atoms with Crippen LogP contribution in [0.3, 0.4) is 0 Å². The van der Waals surface area contributed by atoms with Crippen LogP contribution >= 0.6 is 0 Å². The van der Waals surface area contributed by atoms with Gasteiger partial charge in [-0.05, 0) is 11.8 Å². The van der Waals surface area contributed by atoms with Crippen LogP contribution in [0.4, 0.5) is 0 Å². The number of rotatable bonds is 4. The van der Waals surface area contributed by atoms with E-state index in [9.17, 15) is 14.7 Å². The lowest BCUT2D eigenvalue weighted by Gasteiger charge is -2.26. The van der Waals surface area contributed by atoms with E-state index in [0.717, 1.165) is 0 Å². The Balaban J connectivity index is 2.59. The summed E-state index contributed by atoms with van der Waals surface area (Å²) in [5.74, 6) is -1.37. The first-order valence-electron chi connectivity index (χ1n) is 6.56. The molecule has 110 valence electrons. The quantitative estimate of drug-likeness (QED) is 0.677. The van der Waals surface area contributed by atoms with E-state index < -0.39 is 18.1 Å². The highest BCUT2D eigenvalue weighted by atomic mass is 16.4. The molecule has 6 nitrogen and oxygen atoms in total. The molecule has 1 aliphatic heterocycles. The Morgan fingerprint density at radius 2 is 2.00 bits per heavy atom. The zero-order valence-electron chi connectivity index (χ0n) is 11.8. The third kappa shape index (κ3) is 4.80. The van der Waals surface area contributed by atoms with Crippen molar-refractivity contribution in [3.05, 3.63) is 0 Å². The highest BCUT2D eigenvalue weighted by Crippen LogP contribution is 2.23. The molecule has 3 atom stereocenters. The van der Waals surface area contributed by atoms with Gasteiger partial charge < -0.3 is 20.8 Å². The van der Waals surface area contributed by atoms with Crippen molar-refractivity contribution < 1.29 is 19.8 Å². The summed E-state index contributed by atoms with van der Waals surface area (Å²) >= 11 is 0. The molecular formula is C13H24N2O4. The topological polar surface area (TPSA) is 104 Å². The Kier molecular flexibility index (Phi) is 4.92. The minimum Gasteiger partial charge on any atom is -0.480 e. The molecule has 1 heterocycles. The molecule has 0 aromatic carbocycles. The standard InChI is InChI=1S/C13H24N2O4/c1-13(2,3)6-8(14)4-11(17)15-7-9(16)5-10(15)12(18)19/h8-10,16H,4-7,14H2,1-3H3,(H,18,19). The number of amides is 1. The van der Waals surface area contributed by atoms with E-state index in [-0.39, 0.29) is 36.8 Å². The fraction of sp³-hybridized carbons (Fsp3) is 0.846. The number of carboxylic acids is 1. The van der Waals surface area contributed by atoms with Gasteiger partial charge in [0.2, 0.25) is 5.91 Å². The minimum atomic E-state index is -1.07. The number of carboxylic acid groups (broad SMARTS) is 1. The van der Waals surface area contributed by atoms with Gasteiger partial charge in [-0.3, -0.25) is 4.79 Å². The van der Waals surface area contributed by atoms with Gasteiger partial charge in [-0.1, -0.05) is 20.8 Å². The number of hydrogen-bond donors (Lipinski definition) is 3. The smallest absolute Gasteiger partial charge is 0.326 e. The first-order chi connectivity index (χ1) is 8.60. The van der Waals surface area contributed by atoms with Crippen molar-refractivity contribution in [3.8, 4) is 0 Å². The van der Waals surface area contributed by atoms with Gasteiger partial charge in [0.25, 0.3) is 0 Å². The summed E-state index contributed by atoms with van der Waals surface area (Å²) in [6, 6.07) is -1.22. The SMILES string of the molecule is CC(C)(C)CC(N)CC(=O)N1CC(O)CC1C(=O)O. The van der Waals surface area contributed by atoms with Gasteiger partial charge >= 0.3 is 5.97 Å². The number of carbonyl (C=O) groups is 2. The first-order valence-corrected chi connectivity index (χ1v) is 6.56. The highest BCUT2D eigenvalue weighted by Gasteiger charge is 2.39. The first kappa shape index (κ1) is 15.9. The Bertz CT molecular complexity index is 351. The molecular weight excluding hydrogens is 248 g/mol. The fourth-order valence-corrected chi connectivity index (χ4v) is 2.52. The van der Waals surface area contributed by atoms with E-state index in [1.165, 1.54) is 4.90 Å². The minimum absolute atomic E-state index is 0.0242. The number of β-amino-alcohol motifs (C(OH)–C–C–N with tert-alkyl or cyclic N) is 1. The van der Waals surface area contributed by atoms with Gasteiger partial charge in [-0.25, -0.2) is 4.79 Å². The number of aliphatic hydroxyl groups excluding tert-OH is 1. The Morgan fingerprint density at radius 3 is 2.47 bits per heavy atom. The number of aliphatic carboxylic acids is 1. The second kappa shape index (κ2) is 5.88. The molecule has 1 aliphatic rings. The highest BCUT2D eigenvalue weighted by molar-refractivity contribution is 5.84. The van der Waals surface area contributed by atoms with E-state index in [0.29, 0.717) is 6.42 Å². The van der Waals surface area contributed by atoms with Gasteiger partial charge in [0.05, 0.1) is 6.10 Å². The van der Waals surface area contributed by atoms with Crippen LogP contribution in [0.1, 0.15) is 40.0 Å². The maximum Gasteiger partial charge on any atom is 0.326 e. The third-order valence-corrected chi connectivity index (χ3v) is 3.20. The van der Waals surface area contributed by atoms with Gasteiger partial charge in [-0.2, -0.15) is 0 Å². The number of carbonyl (C=O) groups excluding carboxylic acids is 1. The molecule has 0 aromatic heterocycles. The largest absolute Gasteiger partial charge is 0.480 e. The van der Waals surface area contributed by atoms with Gasteiger partial charge in [0.15, 0.2) is 0 Å². The van der Waals surface area contributed by atoms with Crippen LogP contribution in [0.5, 0.6) is 0 Å². The van der Waals surface area contributed by atoms with Crippen molar-refractivity contribution in [2.45, 2.75) is 58.2 Å². The Morgan fingerprint density at radius 1 is 1.42 bits per heavy atom. The fourth-order valence-electron chi connectivity index (χ4n) is 2.52. The van der Waals surface area contributed by atoms with Crippen molar-refractivity contribution in [2.75, 3.05) is 6.54 Å². The molecule has 0 radical (unpaired) electrons. The number of aliphatic hydroxyl groups is 1. The average Bonchev–Trinajstić information content (AvgIpc) is 2.57. The Hall–Kier alpha value is -1.14. The average molecular weight is 272 g/mol.